The van der Waals surface area contributed by atoms with Gasteiger partial charge in [-0.15, -0.1) is 0 Å². The summed E-state index contributed by atoms with van der Waals surface area (Å²) in [4.78, 5) is 35.0. The van der Waals surface area contributed by atoms with Crippen molar-refractivity contribution in [2.75, 3.05) is 27.9 Å². The molecule has 0 heterocycles. The molecule has 1 aromatic rings. The van der Waals surface area contributed by atoms with Crippen molar-refractivity contribution in [1.82, 2.24) is 10.6 Å². The van der Waals surface area contributed by atoms with Crippen LogP contribution in [-0.2, 0) is 20.7 Å². The van der Waals surface area contributed by atoms with Crippen molar-refractivity contribution in [2.45, 2.75) is 39.2 Å². The van der Waals surface area contributed by atoms with Crippen LogP contribution in [0.2, 0.25) is 0 Å². The number of carbonyl (C=O) groups excluding carboxylic acids is 3. The van der Waals surface area contributed by atoms with Crippen LogP contribution in [0.1, 0.15) is 32.3 Å². The van der Waals surface area contributed by atoms with Crippen LogP contribution < -0.4 is 24.8 Å². The SMILES string of the molecule is CC[C@H](C)NC(=O)NC(=O)COC(=O)CCc1cc(OC)c(OC)c(OC)c1. The standard InChI is InChI=1S/C19H28N2O7/c1-6-12(2)20-19(24)21-16(22)11-28-17(23)8-7-13-9-14(25-3)18(27-5)15(10-13)26-4/h9-10,12H,6-8,11H2,1-5H3,(H2,20,21,22,24)/t12-/m0/s1. The van der Waals surface area contributed by atoms with Gasteiger partial charge in [-0.25, -0.2) is 4.79 Å². The number of imide groups is 1. The fourth-order valence-corrected chi connectivity index (χ4v) is 2.27. The Labute approximate surface area is 164 Å². The molecule has 0 spiro atoms. The number of hydrogen-bond donors (Lipinski definition) is 2. The van der Waals surface area contributed by atoms with E-state index in [0.717, 1.165) is 12.0 Å². The van der Waals surface area contributed by atoms with Crippen LogP contribution in [0.3, 0.4) is 0 Å². The molecule has 1 aromatic carbocycles. The van der Waals surface area contributed by atoms with Gasteiger partial charge >= 0.3 is 12.0 Å². The molecule has 9 nitrogen and oxygen atoms in total. The number of carbonyl (C=O) groups is 3. The maximum absolute atomic E-state index is 11.9. The molecular weight excluding hydrogens is 368 g/mol. The van der Waals surface area contributed by atoms with E-state index < -0.39 is 24.5 Å². The van der Waals surface area contributed by atoms with Gasteiger partial charge in [0, 0.05) is 12.5 Å². The maximum atomic E-state index is 11.9. The van der Waals surface area contributed by atoms with E-state index in [1.54, 1.807) is 12.1 Å². The average molecular weight is 396 g/mol. The maximum Gasteiger partial charge on any atom is 0.321 e. The lowest BCUT2D eigenvalue weighted by Crippen LogP contribution is -2.44. The van der Waals surface area contributed by atoms with E-state index >= 15 is 0 Å². The number of ether oxygens (including phenoxy) is 4. The number of hydrogen-bond acceptors (Lipinski definition) is 7. The Kier molecular flexibility index (Phi) is 9.63. The Morgan fingerprint density at radius 2 is 1.64 bits per heavy atom. The summed E-state index contributed by atoms with van der Waals surface area (Å²) in [5, 5.41) is 4.68. The van der Waals surface area contributed by atoms with Crippen molar-refractivity contribution in [2.24, 2.45) is 0 Å². The molecule has 0 aliphatic heterocycles. The first-order valence-corrected chi connectivity index (χ1v) is 8.89. The second-order valence-corrected chi connectivity index (χ2v) is 6.03. The molecule has 2 N–H and O–H groups in total. The molecule has 156 valence electrons. The van der Waals surface area contributed by atoms with E-state index in [0.29, 0.717) is 23.7 Å². The minimum atomic E-state index is -0.693. The second-order valence-electron chi connectivity index (χ2n) is 6.03. The predicted molar refractivity (Wildman–Crippen MR) is 102 cm³/mol. The van der Waals surface area contributed by atoms with E-state index in [1.165, 1.54) is 21.3 Å². The summed E-state index contributed by atoms with van der Waals surface area (Å²) in [6.07, 6.45) is 1.13. The molecule has 0 unspecified atom stereocenters. The summed E-state index contributed by atoms with van der Waals surface area (Å²) in [7, 11) is 4.52. The third-order valence-corrected chi connectivity index (χ3v) is 3.95. The number of amides is 3. The van der Waals surface area contributed by atoms with Crippen LogP contribution in [0.25, 0.3) is 0 Å². The lowest BCUT2D eigenvalue weighted by molar-refractivity contribution is -0.148. The van der Waals surface area contributed by atoms with Crippen LogP contribution in [0.5, 0.6) is 17.2 Å². The van der Waals surface area contributed by atoms with Crippen molar-refractivity contribution in [1.29, 1.82) is 0 Å². The molecule has 0 bridgehead atoms. The predicted octanol–water partition coefficient (Wildman–Crippen LogP) is 1.81. The van der Waals surface area contributed by atoms with E-state index in [9.17, 15) is 14.4 Å². The summed E-state index contributed by atoms with van der Waals surface area (Å²) in [5.41, 5.74) is 0.781. The highest BCUT2D eigenvalue weighted by molar-refractivity contribution is 5.95. The van der Waals surface area contributed by atoms with Crippen LogP contribution in [0, 0.1) is 0 Å². The average Bonchev–Trinajstić information content (AvgIpc) is 2.69. The monoisotopic (exact) mass is 396 g/mol. The first kappa shape index (κ1) is 23.1. The quantitative estimate of drug-likeness (QED) is 0.580. The Morgan fingerprint density at radius 3 is 2.14 bits per heavy atom. The van der Waals surface area contributed by atoms with Gasteiger partial charge in [-0.05, 0) is 37.5 Å². The van der Waals surface area contributed by atoms with Crippen molar-refractivity contribution < 1.29 is 33.3 Å². The zero-order valence-corrected chi connectivity index (χ0v) is 16.9. The molecule has 1 rings (SSSR count). The van der Waals surface area contributed by atoms with Gasteiger partial charge in [0.05, 0.1) is 21.3 Å². The fourth-order valence-electron chi connectivity index (χ4n) is 2.27. The van der Waals surface area contributed by atoms with Gasteiger partial charge in [-0.2, -0.15) is 0 Å². The lowest BCUT2D eigenvalue weighted by Gasteiger charge is -2.14. The van der Waals surface area contributed by atoms with Crippen LogP contribution in [0.4, 0.5) is 4.79 Å². The number of benzene rings is 1. The van der Waals surface area contributed by atoms with Gasteiger partial charge in [-0.1, -0.05) is 6.92 Å². The van der Waals surface area contributed by atoms with Gasteiger partial charge in [0.1, 0.15) is 0 Å². The summed E-state index contributed by atoms with van der Waals surface area (Å²) in [5.74, 6) is 0.172. The van der Waals surface area contributed by atoms with Crippen LogP contribution in [-0.4, -0.2) is 51.9 Å². The van der Waals surface area contributed by atoms with Gasteiger partial charge in [0.25, 0.3) is 5.91 Å². The van der Waals surface area contributed by atoms with Gasteiger partial charge in [0.2, 0.25) is 5.75 Å². The van der Waals surface area contributed by atoms with Gasteiger partial charge < -0.3 is 24.3 Å². The number of aryl methyl sites for hydroxylation is 1. The number of methoxy groups -OCH3 is 3. The molecular formula is C19H28N2O7. The first-order chi connectivity index (χ1) is 13.3. The lowest BCUT2D eigenvalue weighted by atomic mass is 10.1. The van der Waals surface area contributed by atoms with Crippen molar-refractivity contribution in [3.05, 3.63) is 17.7 Å². The summed E-state index contributed by atoms with van der Waals surface area (Å²) >= 11 is 0. The molecule has 3 amide bonds. The third kappa shape index (κ3) is 7.34. The van der Waals surface area contributed by atoms with Crippen LogP contribution in [0.15, 0.2) is 12.1 Å². The summed E-state index contributed by atoms with van der Waals surface area (Å²) in [6.45, 7) is 3.19. The number of rotatable bonds is 10. The van der Waals surface area contributed by atoms with E-state index in [1.807, 2.05) is 13.8 Å². The minimum Gasteiger partial charge on any atom is -0.493 e. The largest absolute Gasteiger partial charge is 0.493 e. The molecule has 0 fully saturated rings. The van der Waals surface area contributed by atoms with Crippen molar-refractivity contribution in [3.8, 4) is 17.2 Å². The normalized spacial score (nSPS) is 11.2. The highest BCUT2D eigenvalue weighted by Crippen LogP contribution is 2.38. The molecule has 0 aliphatic rings. The molecule has 28 heavy (non-hydrogen) atoms. The summed E-state index contributed by atoms with van der Waals surface area (Å²) < 4.78 is 20.7. The topological polar surface area (TPSA) is 112 Å². The molecule has 0 aliphatic carbocycles. The first-order valence-electron chi connectivity index (χ1n) is 8.89. The Bertz CT molecular complexity index is 666. The number of esters is 1. The second kappa shape index (κ2) is 11.7. The van der Waals surface area contributed by atoms with Crippen molar-refractivity contribution >= 4 is 17.9 Å². The highest BCUT2D eigenvalue weighted by atomic mass is 16.5. The molecule has 0 radical (unpaired) electrons. The molecule has 1 atom stereocenters. The zero-order chi connectivity index (χ0) is 21.1. The van der Waals surface area contributed by atoms with E-state index in [4.69, 9.17) is 18.9 Å². The third-order valence-electron chi connectivity index (χ3n) is 3.95. The van der Waals surface area contributed by atoms with Gasteiger partial charge in [-0.3, -0.25) is 14.9 Å². The Balaban J connectivity index is 2.50. The fraction of sp³-hybridized carbons (Fsp3) is 0.526. The zero-order valence-electron chi connectivity index (χ0n) is 16.9. The van der Waals surface area contributed by atoms with E-state index in [2.05, 4.69) is 10.6 Å². The summed E-state index contributed by atoms with van der Waals surface area (Å²) in [6, 6.07) is 2.79. The minimum absolute atomic E-state index is 0.0466. The molecule has 9 heteroatoms. The molecule has 0 saturated heterocycles. The van der Waals surface area contributed by atoms with Gasteiger partial charge in [0.15, 0.2) is 18.1 Å². The number of urea groups is 1. The molecule has 0 saturated carbocycles. The van der Waals surface area contributed by atoms with E-state index in [-0.39, 0.29) is 12.5 Å². The van der Waals surface area contributed by atoms with Crippen molar-refractivity contribution in [3.63, 3.8) is 0 Å². The van der Waals surface area contributed by atoms with Crippen LogP contribution >= 0.6 is 0 Å². The smallest absolute Gasteiger partial charge is 0.321 e. The highest BCUT2D eigenvalue weighted by Gasteiger charge is 2.15. The molecule has 0 aromatic heterocycles. The Morgan fingerprint density at radius 1 is 1.04 bits per heavy atom. The number of nitrogens with one attached hydrogen (secondary N) is 2. The Hall–Kier alpha value is -2.97.